The molecule has 0 aliphatic carbocycles. The Morgan fingerprint density at radius 1 is 1.06 bits per heavy atom. The predicted molar refractivity (Wildman–Crippen MR) is 137 cm³/mol. The largest absolute Gasteiger partial charge is 0.497 e. The summed E-state index contributed by atoms with van der Waals surface area (Å²) in [5.41, 5.74) is 2.57. The summed E-state index contributed by atoms with van der Waals surface area (Å²) in [7, 11) is 1.61. The van der Waals surface area contributed by atoms with Crippen molar-refractivity contribution in [3.8, 4) is 11.5 Å². The second-order valence-electron chi connectivity index (χ2n) is 7.58. The van der Waals surface area contributed by atoms with Gasteiger partial charge < -0.3 is 14.6 Å². The number of carboxylic acids is 1. The van der Waals surface area contributed by atoms with E-state index in [1.54, 1.807) is 36.3 Å². The van der Waals surface area contributed by atoms with Crippen molar-refractivity contribution in [3.05, 3.63) is 94.4 Å². The van der Waals surface area contributed by atoms with Gasteiger partial charge in [0.25, 0.3) is 5.91 Å². The topological polar surface area (TPSA) is 88.4 Å². The number of amidine groups is 1. The smallest absolute Gasteiger partial charge is 0.335 e. The van der Waals surface area contributed by atoms with Crippen molar-refractivity contribution in [2.45, 2.75) is 13.5 Å². The van der Waals surface area contributed by atoms with Crippen LogP contribution in [0.25, 0.3) is 6.08 Å². The van der Waals surface area contributed by atoms with E-state index in [4.69, 9.17) is 14.6 Å². The number of likely N-dealkylation sites (N-methyl/N-ethyl adjacent to an activating group) is 1. The highest BCUT2D eigenvalue weighted by atomic mass is 32.2. The van der Waals surface area contributed by atoms with Crippen LogP contribution in [0.4, 0.5) is 5.69 Å². The van der Waals surface area contributed by atoms with Gasteiger partial charge in [-0.05, 0) is 72.8 Å². The van der Waals surface area contributed by atoms with E-state index in [1.165, 1.54) is 11.8 Å². The van der Waals surface area contributed by atoms with Crippen molar-refractivity contribution < 1.29 is 24.2 Å². The molecule has 1 fully saturated rings. The minimum atomic E-state index is -0.968. The monoisotopic (exact) mass is 488 g/mol. The van der Waals surface area contributed by atoms with E-state index in [-0.39, 0.29) is 18.1 Å². The summed E-state index contributed by atoms with van der Waals surface area (Å²) in [6.07, 6.45) is 1.81. The molecular formula is C27H24N2O5S. The first-order valence-corrected chi connectivity index (χ1v) is 11.8. The summed E-state index contributed by atoms with van der Waals surface area (Å²) >= 11 is 1.32. The molecule has 3 aromatic rings. The zero-order valence-electron chi connectivity index (χ0n) is 19.3. The quantitative estimate of drug-likeness (QED) is 0.416. The maximum atomic E-state index is 13.1. The number of benzene rings is 3. The molecule has 1 N–H and O–H groups in total. The molecule has 0 bridgehead atoms. The molecule has 178 valence electrons. The number of hydrogen-bond acceptors (Lipinski definition) is 6. The summed E-state index contributed by atoms with van der Waals surface area (Å²) in [6, 6.07) is 21.4. The Kier molecular flexibility index (Phi) is 7.52. The number of carbonyl (C=O) groups excluding carboxylic acids is 1. The number of thioether (sulfide) groups is 1. The summed E-state index contributed by atoms with van der Waals surface area (Å²) in [6.45, 7) is 2.69. The lowest BCUT2D eigenvalue weighted by Gasteiger charge is -2.12. The molecule has 0 spiro atoms. The van der Waals surface area contributed by atoms with Crippen LogP contribution in [-0.2, 0) is 11.4 Å². The number of aliphatic imine (C=N–C) groups is 1. The number of ether oxygens (including phenoxy) is 2. The third kappa shape index (κ3) is 5.73. The molecule has 7 nitrogen and oxygen atoms in total. The molecule has 1 saturated heterocycles. The maximum Gasteiger partial charge on any atom is 0.335 e. The Balaban J connectivity index is 1.54. The van der Waals surface area contributed by atoms with E-state index in [0.717, 1.165) is 22.6 Å². The van der Waals surface area contributed by atoms with Gasteiger partial charge in [0.1, 0.15) is 18.1 Å². The van der Waals surface area contributed by atoms with Crippen LogP contribution >= 0.6 is 11.8 Å². The fraction of sp³-hybridized carbons (Fsp3) is 0.148. The number of hydrogen-bond donors (Lipinski definition) is 1. The molecular weight excluding hydrogens is 464 g/mol. The minimum absolute atomic E-state index is 0.108. The van der Waals surface area contributed by atoms with Gasteiger partial charge in [-0.25, -0.2) is 9.79 Å². The fourth-order valence-electron chi connectivity index (χ4n) is 3.41. The van der Waals surface area contributed by atoms with Gasteiger partial charge in [-0.3, -0.25) is 9.69 Å². The van der Waals surface area contributed by atoms with E-state index in [0.29, 0.717) is 22.4 Å². The molecule has 0 radical (unpaired) electrons. The zero-order valence-corrected chi connectivity index (χ0v) is 20.1. The van der Waals surface area contributed by atoms with Crippen molar-refractivity contribution >= 4 is 40.6 Å². The lowest BCUT2D eigenvalue weighted by Crippen LogP contribution is -2.28. The Labute approximate surface area is 207 Å². The standard InChI is InChI=1S/C27H24N2O5S/c1-3-29-25(30)24(35-27(29)28-21-12-14-22(33-2)15-13-21)16-20-6-4-5-7-23(20)34-17-18-8-10-19(11-9-18)26(31)32/h4-16H,3,17H2,1-2H3,(H,31,32). The van der Waals surface area contributed by atoms with Gasteiger partial charge in [-0.1, -0.05) is 30.3 Å². The molecule has 0 saturated carbocycles. The molecule has 35 heavy (non-hydrogen) atoms. The van der Waals surface area contributed by atoms with E-state index in [2.05, 4.69) is 4.99 Å². The van der Waals surface area contributed by atoms with Gasteiger partial charge >= 0.3 is 5.97 Å². The SMILES string of the molecule is CCN1C(=O)C(=Cc2ccccc2OCc2ccc(C(=O)O)cc2)SC1=Nc1ccc(OC)cc1. The van der Waals surface area contributed by atoms with Crippen molar-refractivity contribution in [1.82, 2.24) is 4.90 Å². The van der Waals surface area contributed by atoms with E-state index >= 15 is 0 Å². The summed E-state index contributed by atoms with van der Waals surface area (Å²) in [4.78, 5) is 31.0. The van der Waals surface area contributed by atoms with Gasteiger partial charge in [0.2, 0.25) is 0 Å². The third-order valence-corrected chi connectivity index (χ3v) is 6.31. The normalized spacial score (nSPS) is 15.6. The maximum absolute atomic E-state index is 13.1. The lowest BCUT2D eigenvalue weighted by atomic mass is 10.1. The Bertz CT molecular complexity index is 1280. The van der Waals surface area contributed by atoms with Gasteiger partial charge in [0, 0.05) is 12.1 Å². The summed E-state index contributed by atoms with van der Waals surface area (Å²) < 4.78 is 11.2. The second-order valence-corrected chi connectivity index (χ2v) is 8.59. The molecule has 0 atom stereocenters. The van der Waals surface area contributed by atoms with Crippen LogP contribution in [0.1, 0.15) is 28.4 Å². The Hall–Kier alpha value is -4.04. The predicted octanol–water partition coefficient (Wildman–Crippen LogP) is 5.60. The zero-order chi connectivity index (χ0) is 24.8. The van der Waals surface area contributed by atoms with Crippen LogP contribution in [-0.4, -0.2) is 40.7 Å². The van der Waals surface area contributed by atoms with Gasteiger partial charge in [-0.2, -0.15) is 0 Å². The van der Waals surface area contributed by atoms with Gasteiger partial charge in [0.15, 0.2) is 5.17 Å². The first kappa shape index (κ1) is 24.1. The number of rotatable bonds is 8. The number of methoxy groups -OCH3 is 1. The van der Waals surface area contributed by atoms with Crippen LogP contribution in [0.5, 0.6) is 11.5 Å². The second kappa shape index (κ2) is 10.9. The number of carbonyl (C=O) groups is 2. The lowest BCUT2D eigenvalue weighted by molar-refractivity contribution is -0.122. The van der Waals surface area contributed by atoms with E-state index in [9.17, 15) is 9.59 Å². The molecule has 3 aromatic carbocycles. The Morgan fingerprint density at radius 3 is 2.43 bits per heavy atom. The fourth-order valence-corrected chi connectivity index (χ4v) is 4.47. The average Bonchev–Trinajstić information content (AvgIpc) is 3.17. The van der Waals surface area contributed by atoms with Crippen LogP contribution in [0.3, 0.4) is 0 Å². The number of nitrogens with zero attached hydrogens (tertiary/aromatic N) is 2. The molecule has 4 rings (SSSR count). The summed E-state index contributed by atoms with van der Waals surface area (Å²) in [5, 5.41) is 9.67. The summed E-state index contributed by atoms with van der Waals surface area (Å²) in [5.74, 6) is 0.291. The van der Waals surface area contributed by atoms with Crippen LogP contribution in [0, 0.1) is 0 Å². The molecule has 8 heteroatoms. The van der Waals surface area contributed by atoms with Crippen LogP contribution in [0.15, 0.2) is 82.7 Å². The number of aromatic carboxylic acids is 1. The van der Waals surface area contributed by atoms with Crippen molar-refractivity contribution in [2.24, 2.45) is 4.99 Å². The molecule has 1 aliphatic heterocycles. The highest BCUT2D eigenvalue weighted by Crippen LogP contribution is 2.35. The molecule has 0 unspecified atom stereocenters. The molecule has 1 aliphatic rings. The van der Waals surface area contributed by atoms with Gasteiger partial charge in [-0.15, -0.1) is 0 Å². The van der Waals surface area contributed by atoms with E-state index in [1.807, 2.05) is 61.5 Å². The first-order chi connectivity index (χ1) is 17.0. The van der Waals surface area contributed by atoms with Crippen LogP contribution < -0.4 is 9.47 Å². The molecule has 1 amide bonds. The van der Waals surface area contributed by atoms with Crippen molar-refractivity contribution in [3.63, 3.8) is 0 Å². The van der Waals surface area contributed by atoms with E-state index < -0.39 is 5.97 Å². The Morgan fingerprint density at radius 2 is 1.77 bits per heavy atom. The average molecular weight is 489 g/mol. The molecule has 0 aromatic heterocycles. The minimum Gasteiger partial charge on any atom is -0.497 e. The molecule has 1 heterocycles. The van der Waals surface area contributed by atoms with Crippen LogP contribution in [0.2, 0.25) is 0 Å². The first-order valence-electron chi connectivity index (χ1n) is 11.0. The number of carboxylic acid groups (broad SMARTS) is 1. The highest BCUT2D eigenvalue weighted by molar-refractivity contribution is 8.18. The number of para-hydroxylation sites is 1. The third-order valence-electron chi connectivity index (χ3n) is 5.30. The van der Waals surface area contributed by atoms with Crippen molar-refractivity contribution in [2.75, 3.05) is 13.7 Å². The van der Waals surface area contributed by atoms with Crippen molar-refractivity contribution in [1.29, 1.82) is 0 Å². The highest BCUT2D eigenvalue weighted by Gasteiger charge is 2.32. The van der Waals surface area contributed by atoms with Gasteiger partial charge in [0.05, 0.1) is 23.3 Å². The number of amides is 1.